The highest BCUT2D eigenvalue weighted by Gasteiger charge is 2.44. The highest BCUT2D eigenvalue weighted by Crippen LogP contribution is 2.31. The number of anilines is 1. The van der Waals surface area contributed by atoms with Gasteiger partial charge in [0.05, 0.1) is 36.0 Å². The summed E-state index contributed by atoms with van der Waals surface area (Å²) in [6.45, 7) is 5.60. The number of hydrogen-bond donors (Lipinski definition) is 1. The summed E-state index contributed by atoms with van der Waals surface area (Å²) in [7, 11) is 1.69. The molecule has 5 heterocycles. The van der Waals surface area contributed by atoms with Gasteiger partial charge in [-0.1, -0.05) is 0 Å². The lowest BCUT2D eigenvalue weighted by atomic mass is 10.0. The lowest BCUT2D eigenvalue weighted by molar-refractivity contribution is -0.0675. The SMILES string of the molecule is Cc1nc(NC2CCN(C)CC2(F)F)nn2ccc(-c3ccc4nc(C)n(CC(C)F)c4n3)c12. The second-order valence-corrected chi connectivity index (χ2v) is 9.12. The van der Waals surface area contributed by atoms with Crippen LogP contribution in [0.5, 0.6) is 0 Å². The first-order valence-corrected chi connectivity index (χ1v) is 11.3. The molecule has 0 aromatic carbocycles. The van der Waals surface area contributed by atoms with Crippen LogP contribution in [0, 0.1) is 13.8 Å². The van der Waals surface area contributed by atoms with Crippen molar-refractivity contribution in [3.8, 4) is 11.3 Å². The van der Waals surface area contributed by atoms with Crippen molar-refractivity contribution >= 4 is 22.6 Å². The number of fused-ring (bicyclic) bond motifs is 2. The number of imidazole rings is 1. The van der Waals surface area contributed by atoms with Gasteiger partial charge in [0.15, 0.2) is 5.65 Å². The van der Waals surface area contributed by atoms with Gasteiger partial charge in [0.1, 0.15) is 17.5 Å². The van der Waals surface area contributed by atoms with Gasteiger partial charge in [-0.05, 0) is 52.4 Å². The van der Waals surface area contributed by atoms with Crippen LogP contribution in [0.2, 0.25) is 0 Å². The first-order chi connectivity index (χ1) is 16.1. The zero-order valence-electron chi connectivity index (χ0n) is 19.6. The molecule has 0 aliphatic carbocycles. The lowest BCUT2D eigenvalue weighted by Gasteiger charge is -2.36. The minimum atomic E-state index is -2.88. The maximum Gasteiger partial charge on any atom is 0.280 e. The molecular formula is C23H27F3N8. The Kier molecular flexibility index (Phi) is 5.46. The number of likely N-dealkylation sites (tertiary alicyclic amines) is 1. The summed E-state index contributed by atoms with van der Waals surface area (Å²) in [6.07, 6.45) is 1.03. The van der Waals surface area contributed by atoms with Gasteiger partial charge in [-0.3, -0.25) is 0 Å². The zero-order valence-corrected chi connectivity index (χ0v) is 19.6. The Labute approximate surface area is 194 Å². The summed E-state index contributed by atoms with van der Waals surface area (Å²) in [5, 5.41) is 7.28. The first kappa shape index (κ1) is 22.6. The Hall–Kier alpha value is -3.21. The average molecular weight is 473 g/mol. The third kappa shape index (κ3) is 3.97. The van der Waals surface area contributed by atoms with Crippen LogP contribution in [-0.2, 0) is 6.54 Å². The number of halogens is 3. The second-order valence-electron chi connectivity index (χ2n) is 9.12. The Balaban J connectivity index is 1.51. The Bertz CT molecular complexity index is 1360. The molecule has 1 saturated heterocycles. The number of aryl methyl sites for hydroxylation is 2. The van der Waals surface area contributed by atoms with Gasteiger partial charge in [0.2, 0.25) is 5.95 Å². The smallest absolute Gasteiger partial charge is 0.280 e. The predicted octanol–water partition coefficient (Wildman–Crippen LogP) is 3.87. The molecule has 34 heavy (non-hydrogen) atoms. The minimum absolute atomic E-state index is 0.162. The van der Waals surface area contributed by atoms with Crippen molar-refractivity contribution in [1.29, 1.82) is 0 Å². The van der Waals surface area contributed by atoms with Crippen LogP contribution in [0.15, 0.2) is 24.4 Å². The number of pyridine rings is 1. The van der Waals surface area contributed by atoms with E-state index in [9.17, 15) is 13.2 Å². The molecule has 1 fully saturated rings. The van der Waals surface area contributed by atoms with Gasteiger partial charge >= 0.3 is 0 Å². The molecule has 1 aliphatic heterocycles. The van der Waals surface area contributed by atoms with Gasteiger partial charge < -0.3 is 14.8 Å². The van der Waals surface area contributed by atoms with Crippen molar-refractivity contribution in [2.24, 2.45) is 0 Å². The third-order valence-electron chi connectivity index (χ3n) is 6.27. The van der Waals surface area contributed by atoms with Crippen LogP contribution in [0.1, 0.15) is 24.9 Å². The minimum Gasteiger partial charge on any atom is -0.344 e. The number of piperidine rings is 1. The number of nitrogens with one attached hydrogen (secondary N) is 1. The number of rotatable bonds is 5. The monoisotopic (exact) mass is 472 g/mol. The van der Waals surface area contributed by atoms with Crippen molar-refractivity contribution in [3.63, 3.8) is 0 Å². The molecule has 180 valence electrons. The predicted molar refractivity (Wildman–Crippen MR) is 124 cm³/mol. The lowest BCUT2D eigenvalue weighted by Crippen LogP contribution is -2.53. The normalized spacial score (nSPS) is 19.7. The van der Waals surface area contributed by atoms with E-state index in [1.165, 1.54) is 6.92 Å². The van der Waals surface area contributed by atoms with E-state index in [1.54, 1.807) is 27.2 Å². The summed E-state index contributed by atoms with van der Waals surface area (Å²) >= 11 is 0. The van der Waals surface area contributed by atoms with Crippen molar-refractivity contribution < 1.29 is 13.2 Å². The molecule has 2 unspecified atom stereocenters. The number of aromatic nitrogens is 6. The first-order valence-electron chi connectivity index (χ1n) is 11.3. The van der Waals surface area contributed by atoms with E-state index in [-0.39, 0.29) is 19.0 Å². The molecule has 4 aromatic rings. The van der Waals surface area contributed by atoms with Crippen LogP contribution in [0.3, 0.4) is 0 Å². The van der Waals surface area contributed by atoms with E-state index >= 15 is 0 Å². The van der Waals surface area contributed by atoms with E-state index < -0.39 is 18.1 Å². The molecule has 5 rings (SSSR count). The molecule has 1 N–H and O–H groups in total. The van der Waals surface area contributed by atoms with Gasteiger partial charge in [-0.25, -0.2) is 32.6 Å². The van der Waals surface area contributed by atoms with E-state index in [2.05, 4.69) is 20.4 Å². The molecule has 8 nitrogen and oxygen atoms in total. The molecule has 2 atom stereocenters. The average Bonchev–Trinajstić information content (AvgIpc) is 3.31. The number of hydrogen-bond acceptors (Lipinski definition) is 6. The molecule has 11 heteroatoms. The van der Waals surface area contributed by atoms with E-state index in [4.69, 9.17) is 4.98 Å². The van der Waals surface area contributed by atoms with Crippen molar-refractivity contribution in [1.82, 2.24) is 34.0 Å². The zero-order chi connectivity index (χ0) is 24.2. The molecule has 0 amide bonds. The van der Waals surface area contributed by atoms with Crippen LogP contribution in [0.25, 0.3) is 27.9 Å². The van der Waals surface area contributed by atoms with E-state index in [1.807, 2.05) is 32.0 Å². The van der Waals surface area contributed by atoms with E-state index in [0.717, 1.165) is 11.1 Å². The van der Waals surface area contributed by atoms with Crippen LogP contribution >= 0.6 is 0 Å². The van der Waals surface area contributed by atoms with Crippen LogP contribution in [-0.4, -0.2) is 72.3 Å². The Morgan fingerprint density at radius 2 is 1.97 bits per heavy atom. The van der Waals surface area contributed by atoms with Crippen molar-refractivity contribution in [2.45, 2.75) is 51.9 Å². The van der Waals surface area contributed by atoms with Gasteiger partial charge in [-0.2, -0.15) is 0 Å². The fraction of sp³-hybridized carbons (Fsp3) is 0.478. The molecule has 0 radical (unpaired) electrons. The standard InChI is InChI=1S/C23H27F3N8/c1-13(24)11-33-15(3)28-18-6-5-17(29-21(18)33)16-7-10-34-20(16)14(2)27-22(31-34)30-19-8-9-32(4)12-23(19,25)26/h5-7,10,13,19H,8-9,11-12H2,1-4H3,(H,30,31). The second kappa shape index (κ2) is 8.23. The molecular weight excluding hydrogens is 445 g/mol. The molecule has 0 saturated carbocycles. The molecule has 0 bridgehead atoms. The van der Waals surface area contributed by atoms with Crippen molar-refractivity contribution in [3.05, 3.63) is 35.9 Å². The maximum atomic E-state index is 14.5. The summed E-state index contributed by atoms with van der Waals surface area (Å²) in [4.78, 5) is 15.4. The van der Waals surface area contributed by atoms with Crippen molar-refractivity contribution in [2.75, 3.05) is 25.5 Å². The van der Waals surface area contributed by atoms with E-state index in [0.29, 0.717) is 41.3 Å². The topological polar surface area (TPSA) is 76.2 Å². The van der Waals surface area contributed by atoms with Crippen LogP contribution < -0.4 is 5.32 Å². The fourth-order valence-electron chi connectivity index (χ4n) is 4.65. The molecule has 1 aliphatic rings. The van der Waals surface area contributed by atoms with Gasteiger partial charge in [0.25, 0.3) is 5.92 Å². The fourth-order valence-corrected chi connectivity index (χ4v) is 4.65. The Morgan fingerprint density at radius 1 is 1.18 bits per heavy atom. The third-order valence-corrected chi connectivity index (χ3v) is 6.27. The summed E-state index contributed by atoms with van der Waals surface area (Å²) in [5.74, 6) is -2.01. The molecule has 4 aromatic heterocycles. The van der Waals surface area contributed by atoms with Gasteiger partial charge in [0, 0.05) is 18.3 Å². The van der Waals surface area contributed by atoms with Gasteiger partial charge in [-0.15, -0.1) is 5.10 Å². The summed E-state index contributed by atoms with van der Waals surface area (Å²) < 4.78 is 46.1. The number of nitrogens with zero attached hydrogens (tertiary/aromatic N) is 7. The maximum absolute atomic E-state index is 14.5. The summed E-state index contributed by atoms with van der Waals surface area (Å²) in [5.41, 5.74) is 4.15. The summed E-state index contributed by atoms with van der Waals surface area (Å²) in [6, 6.07) is 4.56. The van der Waals surface area contributed by atoms with Crippen LogP contribution in [0.4, 0.5) is 19.1 Å². The highest BCUT2D eigenvalue weighted by molar-refractivity contribution is 5.84. The quantitative estimate of drug-likeness (QED) is 0.475. The molecule has 0 spiro atoms. The number of alkyl halides is 3. The highest BCUT2D eigenvalue weighted by atomic mass is 19.3. The largest absolute Gasteiger partial charge is 0.344 e. The Morgan fingerprint density at radius 3 is 2.71 bits per heavy atom.